The molecule has 0 N–H and O–H groups in total. The van der Waals surface area contributed by atoms with Crippen LogP contribution in [0.3, 0.4) is 0 Å². The molecule has 0 aromatic heterocycles. The summed E-state index contributed by atoms with van der Waals surface area (Å²) in [4.78, 5) is -0.133. The van der Waals surface area contributed by atoms with Gasteiger partial charge in [0.1, 0.15) is 10.7 Å². The molecule has 0 aliphatic heterocycles. The van der Waals surface area contributed by atoms with Gasteiger partial charge in [-0.15, -0.1) is 0 Å². The lowest BCUT2D eigenvalue weighted by molar-refractivity contribution is 0.348. The van der Waals surface area contributed by atoms with E-state index < -0.39 is 20.9 Å². The number of sulfone groups is 1. The van der Waals surface area contributed by atoms with Gasteiger partial charge in [0.05, 0.1) is 5.25 Å². The molecule has 100 valence electrons. The molecule has 2 unspecified atom stereocenters. The van der Waals surface area contributed by atoms with E-state index in [1.807, 2.05) is 0 Å². The van der Waals surface area contributed by atoms with Gasteiger partial charge in [0.2, 0.25) is 0 Å². The van der Waals surface area contributed by atoms with Gasteiger partial charge in [-0.1, -0.05) is 38.3 Å². The van der Waals surface area contributed by atoms with Gasteiger partial charge in [0, 0.05) is 0 Å². The van der Waals surface area contributed by atoms with E-state index in [-0.39, 0.29) is 4.90 Å². The molecule has 0 amide bonds. The van der Waals surface area contributed by atoms with Crippen LogP contribution in [0.1, 0.15) is 39.0 Å². The van der Waals surface area contributed by atoms with E-state index >= 15 is 0 Å². The van der Waals surface area contributed by atoms with Gasteiger partial charge < -0.3 is 0 Å². The molecule has 1 aliphatic rings. The Bertz CT molecular complexity index is 510. The molecule has 0 spiro atoms. The summed E-state index contributed by atoms with van der Waals surface area (Å²) in [7, 11) is -3.51. The van der Waals surface area contributed by atoms with E-state index in [1.54, 1.807) is 6.07 Å². The average molecular weight is 270 g/mol. The van der Waals surface area contributed by atoms with Crippen LogP contribution in [0.5, 0.6) is 0 Å². The van der Waals surface area contributed by atoms with Crippen molar-refractivity contribution in [2.75, 3.05) is 0 Å². The van der Waals surface area contributed by atoms with Crippen LogP contribution in [0.2, 0.25) is 0 Å². The minimum absolute atomic E-state index is 0.133. The summed E-state index contributed by atoms with van der Waals surface area (Å²) in [5.41, 5.74) is 0. The lowest BCUT2D eigenvalue weighted by Gasteiger charge is -2.28. The van der Waals surface area contributed by atoms with Crippen molar-refractivity contribution in [1.82, 2.24) is 0 Å². The second-order valence-electron chi connectivity index (χ2n) is 5.04. The predicted octanol–water partition coefficient (Wildman–Crippen LogP) is 3.57. The first-order valence-electron chi connectivity index (χ1n) is 6.54. The Morgan fingerprint density at radius 2 is 2.00 bits per heavy atom. The lowest BCUT2D eigenvalue weighted by Crippen LogP contribution is -2.28. The Hall–Kier alpha value is -0.900. The fraction of sp³-hybridized carbons (Fsp3) is 0.571. The average Bonchev–Trinajstić information content (AvgIpc) is 2.39. The van der Waals surface area contributed by atoms with Gasteiger partial charge in [0.25, 0.3) is 0 Å². The van der Waals surface area contributed by atoms with Crippen molar-refractivity contribution in [2.45, 2.75) is 49.2 Å². The van der Waals surface area contributed by atoms with E-state index in [9.17, 15) is 12.8 Å². The van der Waals surface area contributed by atoms with Crippen molar-refractivity contribution < 1.29 is 12.8 Å². The minimum atomic E-state index is -3.51. The summed E-state index contributed by atoms with van der Waals surface area (Å²) < 4.78 is 38.5. The quantitative estimate of drug-likeness (QED) is 0.841. The summed E-state index contributed by atoms with van der Waals surface area (Å²) in [5, 5.41) is -0.409. The monoisotopic (exact) mass is 270 g/mol. The Labute approximate surface area is 108 Å². The molecule has 2 rings (SSSR count). The third-order valence-corrected chi connectivity index (χ3v) is 6.14. The van der Waals surface area contributed by atoms with Crippen LogP contribution in [0.4, 0.5) is 4.39 Å². The maximum Gasteiger partial charge on any atom is 0.184 e. The third kappa shape index (κ3) is 2.58. The van der Waals surface area contributed by atoms with Gasteiger partial charge >= 0.3 is 0 Å². The van der Waals surface area contributed by atoms with E-state index in [1.165, 1.54) is 18.2 Å². The fourth-order valence-corrected chi connectivity index (χ4v) is 4.72. The summed E-state index contributed by atoms with van der Waals surface area (Å²) in [6, 6.07) is 5.69. The number of halogens is 1. The Balaban J connectivity index is 2.29. The van der Waals surface area contributed by atoms with Crippen molar-refractivity contribution >= 4 is 9.84 Å². The zero-order valence-corrected chi connectivity index (χ0v) is 11.4. The molecule has 0 bridgehead atoms. The van der Waals surface area contributed by atoms with E-state index in [0.29, 0.717) is 18.8 Å². The van der Waals surface area contributed by atoms with Gasteiger partial charge in [-0.2, -0.15) is 0 Å². The standard InChI is InChI=1S/C14H19FO2S/c1-2-11-6-5-7-12(10-11)18(16,17)14-9-4-3-8-13(14)15/h3-4,8-9,11-12H,2,5-7,10H2,1H3. The first kappa shape index (κ1) is 13.5. The van der Waals surface area contributed by atoms with Gasteiger partial charge in [-0.3, -0.25) is 0 Å². The highest BCUT2D eigenvalue weighted by Crippen LogP contribution is 2.34. The van der Waals surface area contributed by atoms with E-state index in [0.717, 1.165) is 19.3 Å². The number of benzene rings is 1. The summed E-state index contributed by atoms with van der Waals surface area (Å²) >= 11 is 0. The van der Waals surface area contributed by atoms with E-state index in [2.05, 4.69) is 6.92 Å². The fourth-order valence-electron chi connectivity index (χ4n) is 2.75. The van der Waals surface area contributed by atoms with Crippen LogP contribution < -0.4 is 0 Å². The lowest BCUT2D eigenvalue weighted by atomic mass is 9.87. The van der Waals surface area contributed by atoms with Crippen molar-refractivity contribution in [1.29, 1.82) is 0 Å². The number of rotatable bonds is 3. The third-order valence-electron chi connectivity index (χ3n) is 3.89. The topological polar surface area (TPSA) is 34.1 Å². The van der Waals surface area contributed by atoms with E-state index in [4.69, 9.17) is 0 Å². The molecule has 1 saturated carbocycles. The Morgan fingerprint density at radius 3 is 2.67 bits per heavy atom. The van der Waals surface area contributed by atoms with Crippen molar-refractivity contribution in [3.05, 3.63) is 30.1 Å². The molecule has 18 heavy (non-hydrogen) atoms. The maximum atomic E-state index is 13.6. The molecule has 1 aliphatic carbocycles. The van der Waals surface area contributed by atoms with Gasteiger partial charge in [-0.05, 0) is 30.9 Å². The van der Waals surface area contributed by atoms with Crippen LogP contribution in [0.15, 0.2) is 29.2 Å². The molecule has 1 aromatic carbocycles. The molecular formula is C14H19FO2S. The summed E-state index contributed by atoms with van der Waals surface area (Å²) in [6.07, 6.45) is 4.36. The molecule has 0 heterocycles. The summed E-state index contributed by atoms with van der Waals surface area (Å²) in [6.45, 7) is 2.09. The molecule has 2 atom stereocenters. The van der Waals surface area contributed by atoms with Crippen LogP contribution in [0.25, 0.3) is 0 Å². The van der Waals surface area contributed by atoms with Crippen molar-refractivity contribution in [3.8, 4) is 0 Å². The van der Waals surface area contributed by atoms with Crippen LogP contribution in [-0.4, -0.2) is 13.7 Å². The zero-order valence-electron chi connectivity index (χ0n) is 10.6. The normalized spacial score (nSPS) is 25.0. The van der Waals surface area contributed by atoms with Crippen molar-refractivity contribution in [2.24, 2.45) is 5.92 Å². The highest BCUT2D eigenvalue weighted by atomic mass is 32.2. The zero-order chi connectivity index (χ0) is 13.2. The summed E-state index contributed by atoms with van der Waals surface area (Å²) in [5.74, 6) is -0.165. The Morgan fingerprint density at radius 1 is 1.28 bits per heavy atom. The second-order valence-corrected chi connectivity index (χ2v) is 7.23. The highest BCUT2D eigenvalue weighted by molar-refractivity contribution is 7.92. The molecule has 4 heteroatoms. The van der Waals surface area contributed by atoms with Crippen molar-refractivity contribution in [3.63, 3.8) is 0 Å². The van der Waals surface area contributed by atoms with Crippen LogP contribution >= 0.6 is 0 Å². The largest absolute Gasteiger partial charge is 0.223 e. The molecule has 1 aromatic rings. The smallest absolute Gasteiger partial charge is 0.184 e. The van der Waals surface area contributed by atoms with Crippen LogP contribution in [-0.2, 0) is 9.84 Å². The molecule has 1 fully saturated rings. The maximum absolute atomic E-state index is 13.6. The highest BCUT2D eigenvalue weighted by Gasteiger charge is 2.33. The number of hydrogen-bond donors (Lipinski definition) is 0. The van der Waals surface area contributed by atoms with Crippen LogP contribution in [0, 0.1) is 11.7 Å². The first-order valence-corrected chi connectivity index (χ1v) is 8.08. The molecular weight excluding hydrogens is 251 g/mol. The molecule has 0 radical (unpaired) electrons. The second kappa shape index (κ2) is 5.39. The molecule has 0 saturated heterocycles. The molecule has 2 nitrogen and oxygen atoms in total. The van der Waals surface area contributed by atoms with Gasteiger partial charge in [-0.25, -0.2) is 12.8 Å². The first-order chi connectivity index (χ1) is 8.55. The predicted molar refractivity (Wildman–Crippen MR) is 69.6 cm³/mol. The van der Waals surface area contributed by atoms with Gasteiger partial charge in [0.15, 0.2) is 9.84 Å². The Kier molecular flexibility index (Phi) is 4.05. The number of hydrogen-bond acceptors (Lipinski definition) is 2. The minimum Gasteiger partial charge on any atom is -0.223 e. The SMILES string of the molecule is CCC1CCCC(S(=O)(=O)c2ccccc2F)C1.